The average molecular weight is 185 g/mol. The molecule has 13 heavy (non-hydrogen) atoms. The van der Waals surface area contributed by atoms with E-state index in [4.69, 9.17) is 9.31 Å². The van der Waals surface area contributed by atoms with E-state index in [-0.39, 0.29) is 18.3 Å². The Bertz CT molecular complexity index is 176. The molecular formula is C9H20BNO2. The van der Waals surface area contributed by atoms with Crippen molar-refractivity contribution in [2.45, 2.75) is 38.9 Å². The highest BCUT2D eigenvalue weighted by atomic mass is 16.7. The summed E-state index contributed by atoms with van der Waals surface area (Å²) in [5, 5.41) is 0. The normalized spacial score (nSPS) is 25.6. The first-order valence-corrected chi connectivity index (χ1v) is 4.75. The lowest BCUT2D eigenvalue weighted by atomic mass is 9.90. The van der Waals surface area contributed by atoms with Crippen molar-refractivity contribution >= 4 is 7.12 Å². The molecular weight excluding hydrogens is 165 g/mol. The van der Waals surface area contributed by atoms with Crippen LogP contribution in [0.1, 0.15) is 27.7 Å². The molecule has 0 atom stereocenters. The summed E-state index contributed by atoms with van der Waals surface area (Å²) < 4.78 is 11.6. The van der Waals surface area contributed by atoms with E-state index in [1.165, 1.54) is 0 Å². The van der Waals surface area contributed by atoms with Gasteiger partial charge in [-0.05, 0) is 41.8 Å². The van der Waals surface area contributed by atoms with Crippen molar-refractivity contribution in [3.63, 3.8) is 0 Å². The summed E-state index contributed by atoms with van der Waals surface area (Å²) in [6.45, 7) is 8.29. The summed E-state index contributed by atoms with van der Waals surface area (Å²) in [7, 11) is 3.94. The quantitative estimate of drug-likeness (QED) is 0.603. The Labute approximate surface area is 81.5 Å². The average Bonchev–Trinajstić information content (AvgIpc) is 1.98. The second-order valence-electron chi connectivity index (χ2n) is 4.95. The van der Waals surface area contributed by atoms with Crippen LogP contribution < -0.4 is 0 Å². The molecule has 0 bridgehead atoms. The fourth-order valence-corrected chi connectivity index (χ4v) is 1.34. The number of hydrogen-bond donors (Lipinski definition) is 0. The SMILES string of the molecule is CN(C)CB1OC(C)(C)C(C)(C)O1. The largest absolute Gasteiger partial charge is 0.472 e. The van der Waals surface area contributed by atoms with E-state index in [1.54, 1.807) is 0 Å². The van der Waals surface area contributed by atoms with Crippen molar-refractivity contribution in [2.75, 3.05) is 20.5 Å². The first-order valence-electron chi connectivity index (χ1n) is 4.75. The van der Waals surface area contributed by atoms with Crippen LogP contribution in [0.4, 0.5) is 0 Å². The summed E-state index contributed by atoms with van der Waals surface area (Å²) in [6, 6.07) is 0. The van der Waals surface area contributed by atoms with Gasteiger partial charge in [-0.15, -0.1) is 0 Å². The molecule has 76 valence electrons. The van der Waals surface area contributed by atoms with Crippen molar-refractivity contribution < 1.29 is 9.31 Å². The van der Waals surface area contributed by atoms with E-state index in [0.29, 0.717) is 0 Å². The molecule has 0 aromatic carbocycles. The van der Waals surface area contributed by atoms with Gasteiger partial charge in [0.1, 0.15) is 0 Å². The third-order valence-electron chi connectivity index (χ3n) is 2.82. The van der Waals surface area contributed by atoms with Crippen LogP contribution in [0.2, 0.25) is 0 Å². The maximum atomic E-state index is 5.81. The summed E-state index contributed by atoms with van der Waals surface area (Å²) in [4.78, 5) is 2.07. The molecule has 1 aliphatic heterocycles. The van der Waals surface area contributed by atoms with Crippen molar-refractivity contribution in [3.05, 3.63) is 0 Å². The highest BCUT2D eigenvalue weighted by Crippen LogP contribution is 2.36. The third-order valence-corrected chi connectivity index (χ3v) is 2.82. The van der Waals surface area contributed by atoms with Gasteiger partial charge in [-0.3, -0.25) is 0 Å². The molecule has 1 heterocycles. The Balaban J connectivity index is 2.60. The lowest BCUT2D eigenvalue weighted by molar-refractivity contribution is 0.00578. The maximum Gasteiger partial charge on any atom is 0.472 e. The molecule has 0 unspecified atom stereocenters. The topological polar surface area (TPSA) is 21.7 Å². The van der Waals surface area contributed by atoms with E-state index in [9.17, 15) is 0 Å². The Morgan fingerprint density at radius 1 is 1.00 bits per heavy atom. The smallest absolute Gasteiger partial charge is 0.402 e. The molecule has 1 aliphatic rings. The summed E-state index contributed by atoms with van der Waals surface area (Å²) in [6.07, 6.45) is 0.812. The molecule has 0 aromatic rings. The van der Waals surface area contributed by atoms with Gasteiger partial charge >= 0.3 is 7.12 Å². The molecule has 0 spiro atoms. The zero-order chi connectivity index (χ0) is 10.3. The van der Waals surface area contributed by atoms with Crippen LogP contribution in [0.3, 0.4) is 0 Å². The molecule has 1 rings (SSSR count). The van der Waals surface area contributed by atoms with Gasteiger partial charge in [0.05, 0.1) is 11.2 Å². The van der Waals surface area contributed by atoms with Gasteiger partial charge in [0, 0.05) is 6.44 Å². The summed E-state index contributed by atoms with van der Waals surface area (Å²) in [5.41, 5.74) is -0.401. The number of nitrogens with zero attached hydrogens (tertiary/aromatic N) is 1. The molecule has 1 saturated heterocycles. The maximum absolute atomic E-state index is 5.81. The van der Waals surface area contributed by atoms with E-state index in [2.05, 4.69) is 32.6 Å². The zero-order valence-electron chi connectivity index (χ0n) is 9.55. The zero-order valence-corrected chi connectivity index (χ0v) is 9.55. The molecule has 1 fully saturated rings. The van der Waals surface area contributed by atoms with E-state index in [1.807, 2.05) is 14.1 Å². The van der Waals surface area contributed by atoms with Gasteiger partial charge < -0.3 is 14.2 Å². The van der Waals surface area contributed by atoms with Gasteiger partial charge in [-0.1, -0.05) is 0 Å². The van der Waals surface area contributed by atoms with Crippen LogP contribution >= 0.6 is 0 Å². The van der Waals surface area contributed by atoms with Crippen LogP contribution in [0.5, 0.6) is 0 Å². The minimum atomic E-state index is -0.201. The summed E-state index contributed by atoms with van der Waals surface area (Å²) in [5.74, 6) is 0. The second kappa shape index (κ2) is 3.26. The molecule has 0 aliphatic carbocycles. The van der Waals surface area contributed by atoms with Gasteiger partial charge in [0.2, 0.25) is 0 Å². The lowest BCUT2D eigenvalue weighted by Crippen LogP contribution is -2.41. The second-order valence-corrected chi connectivity index (χ2v) is 4.95. The number of hydrogen-bond acceptors (Lipinski definition) is 3. The molecule has 0 saturated carbocycles. The van der Waals surface area contributed by atoms with Gasteiger partial charge in [0.15, 0.2) is 0 Å². The predicted octanol–water partition coefficient (Wildman–Crippen LogP) is 1.18. The Morgan fingerprint density at radius 3 is 1.69 bits per heavy atom. The minimum absolute atomic E-state index is 0.0972. The van der Waals surface area contributed by atoms with E-state index < -0.39 is 0 Å². The standard InChI is InChI=1S/C9H20BNO2/c1-8(2)9(3,4)13-10(12-8)7-11(5)6/h7H2,1-6H3. The van der Waals surface area contributed by atoms with Crippen LogP contribution in [-0.2, 0) is 9.31 Å². The van der Waals surface area contributed by atoms with E-state index in [0.717, 1.165) is 6.44 Å². The third kappa shape index (κ3) is 2.24. The van der Waals surface area contributed by atoms with Crippen molar-refractivity contribution in [1.82, 2.24) is 4.90 Å². The minimum Gasteiger partial charge on any atom is -0.402 e. The first kappa shape index (κ1) is 11.0. The van der Waals surface area contributed by atoms with Gasteiger partial charge in [-0.2, -0.15) is 0 Å². The Hall–Kier alpha value is -0.0551. The molecule has 4 heteroatoms. The van der Waals surface area contributed by atoms with Gasteiger partial charge in [-0.25, -0.2) is 0 Å². The summed E-state index contributed by atoms with van der Waals surface area (Å²) >= 11 is 0. The fraction of sp³-hybridized carbons (Fsp3) is 1.00. The fourth-order valence-electron chi connectivity index (χ4n) is 1.34. The highest BCUT2D eigenvalue weighted by molar-refractivity contribution is 6.45. The van der Waals surface area contributed by atoms with Crippen molar-refractivity contribution in [1.29, 1.82) is 0 Å². The Morgan fingerprint density at radius 2 is 1.38 bits per heavy atom. The van der Waals surface area contributed by atoms with Crippen LogP contribution in [0.15, 0.2) is 0 Å². The lowest BCUT2D eigenvalue weighted by Gasteiger charge is -2.32. The molecule has 0 amide bonds. The van der Waals surface area contributed by atoms with Crippen LogP contribution in [0.25, 0.3) is 0 Å². The van der Waals surface area contributed by atoms with Crippen molar-refractivity contribution in [2.24, 2.45) is 0 Å². The predicted molar refractivity (Wildman–Crippen MR) is 54.6 cm³/mol. The molecule has 0 radical (unpaired) electrons. The monoisotopic (exact) mass is 185 g/mol. The molecule has 0 N–H and O–H groups in total. The van der Waals surface area contributed by atoms with Crippen LogP contribution in [0, 0.1) is 0 Å². The van der Waals surface area contributed by atoms with Crippen molar-refractivity contribution in [3.8, 4) is 0 Å². The molecule has 3 nitrogen and oxygen atoms in total. The Kier molecular flexibility index (Phi) is 2.77. The highest BCUT2D eigenvalue weighted by Gasteiger charge is 2.50. The van der Waals surface area contributed by atoms with Gasteiger partial charge in [0.25, 0.3) is 0 Å². The first-order chi connectivity index (χ1) is 5.74. The van der Waals surface area contributed by atoms with E-state index >= 15 is 0 Å². The number of rotatable bonds is 2. The molecule has 0 aromatic heterocycles. The van der Waals surface area contributed by atoms with Crippen LogP contribution in [-0.4, -0.2) is 43.8 Å².